The average Bonchev–Trinajstić information content (AvgIpc) is 2.96. The fourth-order valence-corrected chi connectivity index (χ4v) is 4.08. The molecule has 1 heterocycles. The quantitative estimate of drug-likeness (QED) is 0.815. The summed E-state index contributed by atoms with van der Waals surface area (Å²) in [5.41, 5.74) is 6.20. The summed E-state index contributed by atoms with van der Waals surface area (Å²) in [6.07, 6.45) is 11.1. The van der Waals surface area contributed by atoms with Crippen LogP contribution in [-0.4, -0.2) is 42.8 Å². The Morgan fingerprint density at radius 2 is 1.94 bits per heavy atom. The SMILES string of the molecule is CN(CC1CCC2(CCCC2)O1)C(CN)C1CC1. The van der Waals surface area contributed by atoms with Crippen molar-refractivity contribution in [3.8, 4) is 0 Å². The summed E-state index contributed by atoms with van der Waals surface area (Å²) in [7, 11) is 2.23. The molecule has 18 heavy (non-hydrogen) atoms. The molecule has 0 aromatic carbocycles. The van der Waals surface area contributed by atoms with E-state index in [0.29, 0.717) is 12.1 Å². The lowest BCUT2D eigenvalue weighted by Crippen LogP contribution is -2.43. The van der Waals surface area contributed by atoms with Crippen LogP contribution in [0.3, 0.4) is 0 Å². The van der Waals surface area contributed by atoms with Crippen LogP contribution >= 0.6 is 0 Å². The molecule has 3 fully saturated rings. The monoisotopic (exact) mass is 252 g/mol. The Hall–Kier alpha value is -0.120. The van der Waals surface area contributed by atoms with Crippen LogP contribution in [0.4, 0.5) is 0 Å². The lowest BCUT2D eigenvalue weighted by Gasteiger charge is -2.30. The zero-order chi connectivity index (χ0) is 12.6. The van der Waals surface area contributed by atoms with Gasteiger partial charge in [-0.3, -0.25) is 4.90 Å². The number of likely N-dealkylation sites (N-methyl/N-ethyl adjacent to an activating group) is 1. The van der Waals surface area contributed by atoms with Crippen LogP contribution in [0.15, 0.2) is 0 Å². The van der Waals surface area contributed by atoms with E-state index in [0.717, 1.165) is 19.0 Å². The van der Waals surface area contributed by atoms with Crippen LogP contribution in [0, 0.1) is 5.92 Å². The van der Waals surface area contributed by atoms with Gasteiger partial charge in [-0.1, -0.05) is 12.8 Å². The van der Waals surface area contributed by atoms with E-state index < -0.39 is 0 Å². The van der Waals surface area contributed by atoms with Crippen molar-refractivity contribution < 1.29 is 4.74 Å². The van der Waals surface area contributed by atoms with E-state index >= 15 is 0 Å². The standard InChI is InChI=1S/C15H28N2O/c1-17(14(10-16)12-4-5-12)11-13-6-9-15(18-13)7-2-3-8-15/h12-14H,2-11,16H2,1H3. The molecular formula is C15H28N2O. The number of ether oxygens (including phenoxy) is 1. The van der Waals surface area contributed by atoms with Gasteiger partial charge in [0.25, 0.3) is 0 Å². The minimum atomic E-state index is 0.281. The van der Waals surface area contributed by atoms with Crippen molar-refractivity contribution in [2.24, 2.45) is 11.7 Å². The molecule has 0 aromatic heterocycles. The van der Waals surface area contributed by atoms with Crippen molar-refractivity contribution in [2.45, 2.75) is 69.1 Å². The molecule has 3 aliphatic rings. The third-order valence-electron chi connectivity index (χ3n) is 5.32. The maximum Gasteiger partial charge on any atom is 0.0710 e. The fourth-order valence-electron chi connectivity index (χ4n) is 4.08. The summed E-state index contributed by atoms with van der Waals surface area (Å²) >= 11 is 0. The highest BCUT2D eigenvalue weighted by molar-refractivity contribution is 4.95. The fraction of sp³-hybridized carbons (Fsp3) is 1.00. The molecule has 0 bridgehead atoms. The van der Waals surface area contributed by atoms with Crippen molar-refractivity contribution in [3.63, 3.8) is 0 Å². The van der Waals surface area contributed by atoms with Crippen molar-refractivity contribution in [1.82, 2.24) is 4.90 Å². The highest BCUT2D eigenvalue weighted by atomic mass is 16.5. The second-order valence-corrected chi connectivity index (χ2v) is 6.75. The largest absolute Gasteiger partial charge is 0.370 e. The number of hydrogen-bond acceptors (Lipinski definition) is 3. The predicted octanol–water partition coefficient (Wildman–Crippen LogP) is 2.15. The maximum absolute atomic E-state index is 6.39. The number of nitrogens with two attached hydrogens (primary N) is 1. The van der Waals surface area contributed by atoms with Gasteiger partial charge in [0.05, 0.1) is 11.7 Å². The lowest BCUT2D eigenvalue weighted by molar-refractivity contribution is -0.0489. The molecule has 2 N–H and O–H groups in total. The first kappa shape index (κ1) is 12.9. The second-order valence-electron chi connectivity index (χ2n) is 6.75. The molecule has 2 unspecified atom stereocenters. The van der Waals surface area contributed by atoms with Crippen molar-refractivity contribution in [2.75, 3.05) is 20.1 Å². The molecule has 0 aromatic rings. The summed E-state index contributed by atoms with van der Waals surface area (Å²) < 4.78 is 6.39. The lowest BCUT2D eigenvalue weighted by atomic mass is 9.98. The Kier molecular flexibility index (Phi) is 3.65. The Labute approximate surface area is 111 Å². The number of hydrogen-bond donors (Lipinski definition) is 1. The van der Waals surface area contributed by atoms with Crippen LogP contribution in [0.2, 0.25) is 0 Å². The van der Waals surface area contributed by atoms with Crippen LogP contribution in [0.1, 0.15) is 51.4 Å². The number of rotatable bonds is 5. The van der Waals surface area contributed by atoms with E-state index in [1.165, 1.54) is 51.4 Å². The zero-order valence-electron chi connectivity index (χ0n) is 11.7. The van der Waals surface area contributed by atoms with Crippen LogP contribution in [-0.2, 0) is 4.74 Å². The molecule has 1 saturated heterocycles. The van der Waals surface area contributed by atoms with E-state index in [1.807, 2.05) is 0 Å². The summed E-state index contributed by atoms with van der Waals surface area (Å²) in [5.74, 6) is 0.863. The highest BCUT2D eigenvalue weighted by Gasteiger charge is 2.43. The molecule has 2 aliphatic carbocycles. The Morgan fingerprint density at radius 3 is 2.56 bits per heavy atom. The molecule has 104 valence electrons. The van der Waals surface area contributed by atoms with E-state index in [4.69, 9.17) is 10.5 Å². The first-order valence-electron chi connectivity index (χ1n) is 7.80. The van der Waals surface area contributed by atoms with E-state index in [-0.39, 0.29) is 5.60 Å². The van der Waals surface area contributed by atoms with Crippen molar-refractivity contribution >= 4 is 0 Å². The topological polar surface area (TPSA) is 38.5 Å². The van der Waals surface area contributed by atoms with E-state index in [9.17, 15) is 0 Å². The molecule has 3 rings (SSSR count). The smallest absolute Gasteiger partial charge is 0.0710 e. The van der Waals surface area contributed by atoms with Gasteiger partial charge in [-0.25, -0.2) is 0 Å². The summed E-state index contributed by atoms with van der Waals surface area (Å²) in [6, 6.07) is 0.591. The normalized spacial score (nSPS) is 32.5. The Bertz CT molecular complexity index is 284. The predicted molar refractivity (Wildman–Crippen MR) is 73.5 cm³/mol. The molecule has 1 aliphatic heterocycles. The molecule has 0 amide bonds. The van der Waals surface area contributed by atoms with Gasteiger partial charge in [0.1, 0.15) is 0 Å². The summed E-state index contributed by atoms with van der Waals surface area (Å²) in [5, 5.41) is 0. The first-order chi connectivity index (χ1) is 8.72. The van der Waals surface area contributed by atoms with Gasteiger partial charge in [-0.05, 0) is 51.5 Å². The van der Waals surface area contributed by atoms with Crippen molar-refractivity contribution in [1.29, 1.82) is 0 Å². The molecule has 3 heteroatoms. The molecule has 0 radical (unpaired) electrons. The first-order valence-corrected chi connectivity index (χ1v) is 7.80. The van der Waals surface area contributed by atoms with Gasteiger partial charge >= 0.3 is 0 Å². The maximum atomic E-state index is 6.39. The molecular weight excluding hydrogens is 224 g/mol. The van der Waals surface area contributed by atoms with Gasteiger partial charge in [0.15, 0.2) is 0 Å². The molecule has 2 atom stereocenters. The van der Waals surface area contributed by atoms with Gasteiger partial charge in [0.2, 0.25) is 0 Å². The molecule has 1 spiro atoms. The Balaban J connectivity index is 1.50. The third kappa shape index (κ3) is 2.59. The van der Waals surface area contributed by atoms with Crippen LogP contribution in [0.25, 0.3) is 0 Å². The van der Waals surface area contributed by atoms with Gasteiger partial charge in [-0.2, -0.15) is 0 Å². The minimum Gasteiger partial charge on any atom is -0.370 e. The second kappa shape index (κ2) is 5.10. The third-order valence-corrected chi connectivity index (χ3v) is 5.32. The van der Waals surface area contributed by atoms with Crippen LogP contribution in [0.5, 0.6) is 0 Å². The molecule has 3 nitrogen and oxygen atoms in total. The van der Waals surface area contributed by atoms with Crippen LogP contribution < -0.4 is 5.73 Å². The molecule has 2 saturated carbocycles. The average molecular weight is 252 g/mol. The highest BCUT2D eigenvalue weighted by Crippen LogP contribution is 2.43. The van der Waals surface area contributed by atoms with E-state index in [2.05, 4.69) is 11.9 Å². The number of nitrogens with zero attached hydrogens (tertiary/aromatic N) is 1. The minimum absolute atomic E-state index is 0.281. The summed E-state index contributed by atoms with van der Waals surface area (Å²) in [4.78, 5) is 2.47. The van der Waals surface area contributed by atoms with Crippen molar-refractivity contribution in [3.05, 3.63) is 0 Å². The zero-order valence-corrected chi connectivity index (χ0v) is 11.7. The Morgan fingerprint density at radius 1 is 1.22 bits per heavy atom. The van der Waals surface area contributed by atoms with Gasteiger partial charge < -0.3 is 10.5 Å². The van der Waals surface area contributed by atoms with E-state index in [1.54, 1.807) is 0 Å². The van der Waals surface area contributed by atoms with Gasteiger partial charge in [0, 0.05) is 19.1 Å². The summed E-state index contributed by atoms with van der Waals surface area (Å²) in [6.45, 7) is 1.89. The van der Waals surface area contributed by atoms with Gasteiger partial charge in [-0.15, -0.1) is 0 Å².